The van der Waals surface area contributed by atoms with Gasteiger partial charge in [0.2, 0.25) is 11.9 Å². The molecular formula is C18H14FN5O2. The highest BCUT2D eigenvalue weighted by atomic mass is 19.1. The molecule has 0 saturated heterocycles. The number of amides is 2. The van der Waals surface area contributed by atoms with Crippen LogP contribution in [-0.2, 0) is 9.59 Å². The van der Waals surface area contributed by atoms with Crippen LogP contribution in [0.25, 0.3) is 11.4 Å². The largest absolute Gasteiger partial charge is 0.326 e. The van der Waals surface area contributed by atoms with Crippen LogP contribution in [0.5, 0.6) is 0 Å². The number of nitrogens with zero attached hydrogens (tertiary/aromatic N) is 3. The van der Waals surface area contributed by atoms with E-state index in [1.54, 1.807) is 0 Å². The minimum absolute atomic E-state index is 0.103. The van der Waals surface area contributed by atoms with Crippen molar-refractivity contribution >= 4 is 23.5 Å². The maximum atomic E-state index is 12.9. The van der Waals surface area contributed by atoms with Gasteiger partial charge in [0, 0.05) is 11.3 Å². The minimum atomic E-state index is -0.782. The molecule has 0 aliphatic carbocycles. The summed E-state index contributed by atoms with van der Waals surface area (Å²) in [6.07, 6.45) is -0.103. The SMILES string of the molecule is O=C(C[C@@H]1C(=O)Nc2nc(-c3ccccc3)nn21)Nc1ccc(F)cc1. The molecule has 130 valence electrons. The van der Waals surface area contributed by atoms with Gasteiger partial charge in [-0.25, -0.2) is 9.07 Å². The molecule has 8 heteroatoms. The molecular weight excluding hydrogens is 337 g/mol. The lowest BCUT2D eigenvalue weighted by Crippen LogP contribution is -2.23. The molecule has 26 heavy (non-hydrogen) atoms. The van der Waals surface area contributed by atoms with Gasteiger partial charge in [-0.05, 0) is 24.3 Å². The van der Waals surface area contributed by atoms with Crippen molar-refractivity contribution in [3.05, 3.63) is 60.4 Å². The molecule has 7 nitrogen and oxygen atoms in total. The molecule has 0 radical (unpaired) electrons. The molecule has 2 amide bonds. The Morgan fingerprint density at radius 1 is 1.15 bits per heavy atom. The Morgan fingerprint density at radius 3 is 2.62 bits per heavy atom. The Bertz CT molecular complexity index is 969. The standard InChI is InChI=1S/C18H14FN5O2/c19-12-6-8-13(9-7-12)20-15(25)10-14-17(26)22-18-21-16(23-24(14)18)11-4-2-1-3-5-11/h1-9,14H,10H2,(H,20,25)(H,21,22,23,26)/t14-/m1/s1. The number of benzene rings is 2. The molecule has 1 aromatic heterocycles. The third-order valence-corrected chi connectivity index (χ3v) is 4.00. The topological polar surface area (TPSA) is 88.9 Å². The summed E-state index contributed by atoms with van der Waals surface area (Å²) in [5.74, 6) is -0.313. The van der Waals surface area contributed by atoms with Crippen LogP contribution in [0.15, 0.2) is 54.6 Å². The molecule has 1 aliphatic rings. The summed E-state index contributed by atoms with van der Waals surface area (Å²) in [5.41, 5.74) is 1.27. The maximum absolute atomic E-state index is 12.9. The average Bonchev–Trinajstić information content (AvgIpc) is 3.17. The lowest BCUT2D eigenvalue weighted by atomic mass is 10.2. The molecule has 0 fully saturated rings. The summed E-state index contributed by atoms with van der Waals surface area (Å²) in [5, 5.41) is 9.63. The Kier molecular flexibility index (Phi) is 3.92. The normalized spacial score (nSPS) is 15.4. The van der Waals surface area contributed by atoms with E-state index in [-0.39, 0.29) is 24.1 Å². The Hall–Kier alpha value is -3.55. The van der Waals surface area contributed by atoms with Gasteiger partial charge in [-0.15, -0.1) is 5.10 Å². The number of fused-ring (bicyclic) bond motifs is 1. The van der Waals surface area contributed by atoms with E-state index in [2.05, 4.69) is 20.7 Å². The molecule has 2 heterocycles. The summed E-state index contributed by atoms with van der Waals surface area (Å²) >= 11 is 0. The lowest BCUT2D eigenvalue weighted by molar-refractivity contribution is -0.123. The van der Waals surface area contributed by atoms with E-state index in [0.717, 1.165) is 5.56 Å². The zero-order valence-electron chi connectivity index (χ0n) is 13.5. The van der Waals surface area contributed by atoms with Gasteiger partial charge in [-0.1, -0.05) is 30.3 Å². The zero-order chi connectivity index (χ0) is 18.1. The monoisotopic (exact) mass is 351 g/mol. The first-order valence-electron chi connectivity index (χ1n) is 7.98. The second kappa shape index (κ2) is 6.40. The molecule has 0 spiro atoms. The van der Waals surface area contributed by atoms with E-state index < -0.39 is 6.04 Å². The molecule has 0 bridgehead atoms. The highest BCUT2D eigenvalue weighted by Gasteiger charge is 2.35. The van der Waals surface area contributed by atoms with E-state index in [0.29, 0.717) is 17.5 Å². The van der Waals surface area contributed by atoms with Crippen LogP contribution in [-0.4, -0.2) is 26.6 Å². The minimum Gasteiger partial charge on any atom is -0.326 e. The Morgan fingerprint density at radius 2 is 1.88 bits per heavy atom. The number of hydrogen-bond acceptors (Lipinski definition) is 4. The fraction of sp³-hybridized carbons (Fsp3) is 0.111. The van der Waals surface area contributed by atoms with Crippen LogP contribution < -0.4 is 10.6 Å². The average molecular weight is 351 g/mol. The van der Waals surface area contributed by atoms with Crippen molar-refractivity contribution in [2.45, 2.75) is 12.5 Å². The number of nitrogens with one attached hydrogen (secondary N) is 2. The maximum Gasteiger partial charge on any atom is 0.252 e. The van der Waals surface area contributed by atoms with Crippen LogP contribution in [0.3, 0.4) is 0 Å². The van der Waals surface area contributed by atoms with Crippen molar-refractivity contribution in [2.24, 2.45) is 0 Å². The van der Waals surface area contributed by atoms with Gasteiger partial charge in [0.15, 0.2) is 5.82 Å². The van der Waals surface area contributed by atoms with Gasteiger partial charge in [-0.2, -0.15) is 4.98 Å². The van der Waals surface area contributed by atoms with E-state index in [1.165, 1.54) is 28.9 Å². The smallest absolute Gasteiger partial charge is 0.252 e. The third-order valence-electron chi connectivity index (χ3n) is 4.00. The van der Waals surface area contributed by atoms with E-state index in [9.17, 15) is 14.0 Å². The number of rotatable bonds is 4. The van der Waals surface area contributed by atoms with E-state index in [4.69, 9.17) is 0 Å². The van der Waals surface area contributed by atoms with Gasteiger partial charge in [-0.3, -0.25) is 14.9 Å². The fourth-order valence-electron chi connectivity index (χ4n) is 2.74. The van der Waals surface area contributed by atoms with Crippen LogP contribution in [0.4, 0.5) is 16.0 Å². The van der Waals surface area contributed by atoms with E-state index >= 15 is 0 Å². The molecule has 0 unspecified atom stereocenters. The van der Waals surface area contributed by atoms with Crippen molar-refractivity contribution in [1.82, 2.24) is 14.8 Å². The van der Waals surface area contributed by atoms with Crippen molar-refractivity contribution in [3.63, 3.8) is 0 Å². The zero-order valence-corrected chi connectivity index (χ0v) is 13.5. The molecule has 0 saturated carbocycles. The van der Waals surface area contributed by atoms with E-state index in [1.807, 2.05) is 30.3 Å². The molecule has 2 aromatic carbocycles. The third kappa shape index (κ3) is 3.04. The highest BCUT2D eigenvalue weighted by molar-refractivity contribution is 6.01. The summed E-state index contributed by atoms with van der Waals surface area (Å²) < 4.78 is 14.4. The van der Waals surface area contributed by atoms with Crippen LogP contribution >= 0.6 is 0 Å². The predicted molar refractivity (Wildman–Crippen MR) is 92.8 cm³/mol. The first-order valence-corrected chi connectivity index (χ1v) is 7.98. The van der Waals surface area contributed by atoms with Crippen molar-refractivity contribution in [1.29, 1.82) is 0 Å². The highest BCUT2D eigenvalue weighted by Crippen LogP contribution is 2.28. The summed E-state index contributed by atoms with van der Waals surface area (Å²) in [7, 11) is 0. The number of halogens is 1. The van der Waals surface area contributed by atoms with Gasteiger partial charge < -0.3 is 5.32 Å². The van der Waals surface area contributed by atoms with Gasteiger partial charge >= 0.3 is 0 Å². The first-order chi connectivity index (χ1) is 12.6. The van der Waals surface area contributed by atoms with Gasteiger partial charge in [0.25, 0.3) is 5.91 Å². The molecule has 3 aromatic rings. The fourth-order valence-corrected chi connectivity index (χ4v) is 2.74. The van der Waals surface area contributed by atoms with Crippen molar-refractivity contribution < 1.29 is 14.0 Å². The second-order valence-corrected chi connectivity index (χ2v) is 5.83. The summed E-state index contributed by atoms with van der Waals surface area (Å²) in [6, 6.07) is 14.0. The number of carbonyl (C=O) groups excluding carboxylic acids is 2. The van der Waals surface area contributed by atoms with Crippen LogP contribution in [0, 0.1) is 5.82 Å². The van der Waals surface area contributed by atoms with Crippen molar-refractivity contribution in [2.75, 3.05) is 10.6 Å². The summed E-state index contributed by atoms with van der Waals surface area (Å²) in [6.45, 7) is 0. The quantitative estimate of drug-likeness (QED) is 0.756. The molecule has 4 rings (SSSR count). The second-order valence-electron chi connectivity index (χ2n) is 5.83. The van der Waals surface area contributed by atoms with Crippen LogP contribution in [0.1, 0.15) is 12.5 Å². The number of hydrogen-bond donors (Lipinski definition) is 2. The first kappa shape index (κ1) is 15.9. The van der Waals surface area contributed by atoms with Gasteiger partial charge in [0.05, 0.1) is 6.42 Å². The molecule has 2 N–H and O–H groups in total. The molecule has 1 atom stereocenters. The summed E-state index contributed by atoms with van der Waals surface area (Å²) in [4.78, 5) is 28.7. The molecule has 1 aliphatic heterocycles. The van der Waals surface area contributed by atoms with Crippen LogP contribution in [0.2, 0.25) is 0 Å². The number of anilines is 2. The van der Waals surface area contributed by atoms with Gasteiger partial charge in [0.1, 0.15) is 11.9 Å². The lowest BCUT2D eigenvalue weighted by Gasteiger charge is -2.09. The Labute approximate surface area is 147 Å². The number of aromatic nitrogens is 3. The number of carbonyl (C=O) groups is 2. The van der Waals surface area contributed by atoms with Crippen molar-refractivity contribution in [3.8, 4) is 11.4 Å². The predicted octanol–water partition coefficient (Wildman–Crippen LogP) is 2.61. The Balaban J connectivity index is 1.51.